The summed E-state index contributed by atoms with van der Waals surface area (Å²) in [5.41, 5.74) is 8.29. The predicted octanol–water partition coefficient (Wildman–Crippen LogP) is 4.17. The lowest BCUT2D eigenvalue weighted by Crippen LogP contribution is -2.33. The van der Waals surface area contributed by atoms with E-state index in [0.29, 0.717) is 16.9 Å². The number of nitrogen functional groups attached to an aromatic ring is 1. The van der Waals surface area contributed by atoms with Crippen molar-refractivity contribution in [3.8, 4) is 17.3 Å². The number of hydrogen-bond donors (Lipinski definition) is 2. The second-order valence-corrected chi connectivity index (χ2v) is 6.97. The zero-order valence-electron chi connectivity index (χ0n) is 15.2. The Bertz CT molecular complexity index is 993. The minimum Gasteiger partial charge on any atom is -0.377 e. The molecular formula is C21H20FN5. The van der Waals surface area contributed by atoms with Gasteiger partial charge in [-0.3, -0.25) is 0 Å². The van der Waals surface area contributed by atoms with Crippen molar-refractivity contribution in [2.75, 3.05) is 11.1 Å². The van der Waals surface area contributed by atoms with Gasteiger partial charge in [0.15, 0.2) is 0 Å². The van der Waals surface area contributed by atoms with Crippen molar-refractivity contribution in [1.82, 2.24) is 9.97 Å². The second kappa shape index (κ2) is 7.42. The number of nitrogens with zero attached hydrogens (tertiary/aromatic N) is 3. The van der Waals surface area contributed by atoms with E-state index in [1.165, 1.54) is 17.7 Å². The van der Waals surface area contributed by atoms with Crippen molar-refractivity contribution in [3.63, 3.8) is 0 Å². The molecule has 6 heteroatoms. The first-order valence-corrected chi connectivity index (χ1v) is 8.52. The SMILES string of the molecule is CC(C)(Cc1ccccc1)Nc1cnc(N)nc1-c1ccc(C#N)c(F)c1. The van der Waals surface area contributed by atoms with E-state index in [1.54, 1.807) is 12.3 Å². The quantitative estimate of drug-likeness (QED) is 0.712. The fourth-order valence-corrected chi connectivity index (χ4v) is 2.98. The topological polar surface area (TPSA) is 87.6 Å². The second-order valence-electron chi connectivity index (χ2n) is 6.97. The van der Waals surface area contributed by atoms with E-state index in [-0.39, 0.29) is 17.1 Å². The lowest BCUT2D eigenvalue weighted by Gasteiger charge is -2.28. The summed E-state index contributed by atoms with van der Waals surface area (Å²) >= 11 is 0. The Morgan fingerprint density at radius 2 is 1.93 bits per heavy atom. The standard InChI is InChI=1S/C21H20FN5/c1-21(2,11-14-6-4-3-5-7-14)27-18-13-25-20(24)26-19(18)15-8-9-16(12-23)17(22)10-15/h3-10,13,27H,11H2,1-2H3,(H2,24,25,26). The Labute approximate surface area is 157 Å². The van der Waals surface area contributed by atoms with Gasteiger partial charge < -0.3 is 11.1 Å². The first-order chi connectivity index (χ1) is 12.9. The number of hydrogen-bond acceptors (Lipinski definition) is 5. The molecule has 2 aromatic carbocycles. The molecule has 0 saturated carbocycles. The van der Waals surface area contributed by atoms with Gasteiger partial charge in [-0.2, -0.15) is 5.26 Å². The lowest BCUT2D eigenvalue weighted by atomic mass is 9.94. The molecule has 0 saturated heterocycles. The number of halogens is 1. The average Bonchev–Trinajstić information content (AvgIpc) is 2.63. The number of nitrogens with one attached hydrogen (secondary N) is 1. The number of rotatable bonds is 5. The molecule has 0 aliphatic rings. The third-order valence-corrected chi connectivity index (χ3v) is 4.13. The monoisotopic (exact) mass is 361 g/mol. The van der Waals surface area contributed by atoms with Crippen molar-refractivity contribution in [3.05, 3.63) is 71.7 Å². The van der Waals surface area contributed by atoms with Crippen LogP contribution in [0.4, 0.5) is 16.0 Å². The van der Waals surface area contributed by atoms with E-state index in [9.17, 15) is 4.39 Å². The molecule has 0 atom stereocenters. The largest absolute Gasteiger partial charge is 0.377 e. The number of benzene rings is 2. The third kappa shape index (κ3) is 4.39. The summed E-state index contributed by atoms with van der Waals surface area (Å²) in [5.74, 6) is -0.497. The van der Waals surface area contributed by atoms with Crippen molar-refractivity contribution < 1.29 is 4.39 Å². The normalized spacial score (nSPS) is 11.0. The summed E-state index contributed by atoms with van der Waals surface area (Å²) < 4.78 is 14.1. The first kappa shape index (κ1) is 18.3. The highest BCUT2D eigenvalue weighted by Gasteiger charge is 2.21. The highest BCUT2D eigenvalue weighted by Crippen LogP contribution is 2.30. The molecule has 1 aromatic heterocycles. The third-order valence-electron chi connectivity index (χ3n) is 4.13. The van der Waals surface area contributed by atoms with Gasteiger partial charge in [0.05, 0.1) is 23.1 Å². The number of nitriles is 1. The van der Waals surface area contributed by atoms with Gasteiger partial charge in [0.1, 0.15) is 11.9 Å². The molecule has 0 aliphatic carbocycles. The van der Waals surface area contributed by atoms with Crippen LogP contribution in [0.25, 0.3) is 11.3 Å². The first-order valence-electron chi connectivity index (χ1n) is 8.52. The molecule has 3 N–H and O–H groups in total. The van der Waals surface area contributed by atoms with Crippen LogP contribution in [0.3, 0.4) is 0 Å². The van der Waals surface area contributed by atoms with Crippen LogP contribution in [0, 0.1) is 17.1 Å². The number of aromatic nitrogens is 2. The van der Waals surface area contributed by atoms with Gasteiger partial charge in [0, 0.05) is 11.1 Å². The highest BCUT2D eigenvalue weighted by molar-refractivity contribution is 5.75. The van der Waals surface area contributed by atoms with Crippen LogP contribution in [0.1, 0.15) is 25.0 Å². The minimum atomic E-state index is -0.596. The van der Waals surface area contributed by atoms with Crippen LogP contribution in [0.2, 0.25) is 0 Å². The molecule has 0 aliphatic heterocycles. The van der Waals surface area contributed by atoms with Crippen LogP contribution >= 0.6 is 0 Å². The van der Waals surface area contributed by atoms with E-state index >= 15 is 0 Å². The molecule has 0 amide bonds. The van der Waals surface area contributed by atoms with Gasteiger partial charge in [0.2, 0.25) is 5.95 Å². The van der Waals surface area contributed by atoms with Crippen LogP contribution in [-0.4, -0.2) is 15.5 Å². The van der Waals surface area contributed by atoms with E-state index in [2.05, 4.69) is 41.3 Å². The Morgan fingerprint density at radius 3 is 2.59 bits per heavy atom. The number of nitrogens with two attached hydrogens (primary N) is 1. The van der Waals surface area contributed by atoms with E-state index in [0.717, 1.165) is 6.42 Å². The highest BCUT2D eigenvalue weighted by atomic mass is 19.1. The number of anilines is 2. The van der Waals surface area contributed by atoms with Gasteiger partial charge in [0.25, 0.3) is 0 Å². The molecule has 5 nitrogen and oxygen atoms in total. The van der Waals surface area contributed by atoms with Crippen LogP contribution in [0.15, 0.2) is 54.7 Å². The summed E-state index contributed by atoms with van der Waals surface area (Å²) in [5, 5.41) is 12.4. The molecular weight excluding hydrogens is 341 g/mol. The van der Waals surface area contributed by atoms with Crippen molar-refractivity contribution in [1.29, 1.82) is 5.26 Å². The van der Waals surface area contributed by atoms with Gasteiger partial charge in [-0.1, -0.05) is 36.4 Å². The minimum absolute atomic E-state index is 0.0142. The van der Waals surface area contributed by atoms with E-state index in [4.69, 9.17) is 11.0 Å². The fourth-order valence-electron chi connectivity index (χ4n) is 2.98. The summed E-state index contributed by atoms with van der Waals surface area (Å²) in [6, 6.07) is 16.3. The van der Waals surface area contributed by atoms with Crippen LogP contribution in [-0.2, 0) is 6.42 Å². The molecule has 0 unspecified atom stereocenters. The molecule has 0 spiro atoms. The predicted molar refractivity (Wildman–Crippen MR) is 104 cm³/mol. The zero-order valence-corrected chi connectivity index (χ0v) is 15.2. The smallest absolute Gasteiger partial charge is 0.220 e. The van der Waals surface area contributed by atoms with Gasteiger partial charge >= 0.3 is 0 Å². The van der Waals surface area contributed by atoms with Crippen molar-refractivity contribution in [2.24, 2.45) is 0 Å². The van der Waals surface area contributed by atoms with Gasteiger partial charge in [-0.25, -0.2) is 14.4 Å². The summed E-state index contributed by atoms with van der Waals surface area (Å²) in [6.07, 6.45) is 2.37. The van der Waals surface area contributed by atoms with Crippen molar-refractivity contribution in [2.45, 2.75) is 25.8 Å². The summed E-state index contributed by atoms with van der Waals surface area (Å²) in [4.78, 5) is 8.36. The van der Waals surface area contributed by atoms with Crippen molar-refractivity contribution >= 4 is 11.6 Å². The molecule has 3 rings (SSSR count). The Hall–Kier alpha value is -3.46. The summed E-state index contributed by atoms with van der Waals surface area (Å²) in [6.45, 7) is 4.14. The molecule has 0 bridgehead atoms. The Morgan fingerprint density at radius 1 is 1.19 bits per heavy atom. The molecule has 1 heterocycles. The molecule has 0 fully saturated rings. The van der Waals surface area contributed by atoms with Crippen LogP contribution < -0.4 is 11.1 Å². The lowest BCUT2D eigenvalue weighted by molar-refractivity contribution is 0.564. The fraction of sp³-hybridized carbons (Fsp3) is 0.190. The van der Waals surface area contributed by atoms with E-state index in [1.807, 2.05) is 24.3 Å². The molecule has 27 heavy (non-hydrogen) atoms. The molecule has 136 valence electrons. The maximum absolute atomic E-state index is 14.1. The summed E-state index contributed by atoms with van der Waals surface area (Å²) in [7, 11) is 0. The Balaban J connectivity index is 1.95. The maximum Gasteiger partial charge on any atom is 0.220 e. The average molecular weight is 361 g/mol. The molecule has 0 radical (unpaired) electrons. The van der Waals surface area contributed by atoms with Gasteiger partial charge in [-0.05, 0) is 38.0 Å². The maximum atomic E-state index is 14.1. The molecule has 3 aromatic rings. The van der Waals surface area contributed by atoms with Crippen LogP contribution in [0.5, 0.6) is 0 Å². The van der Waals surface area contributed by atoms with E-state index < -0.39 is 5.82 Å². The van der Waals surface area contributed by atoms with Gasteiger partial charge in [-0.15, -0.1) is 0 Å². The Kier molecular flexibility index (Phi) is 5.04. The zero-order chi connectivity index (χ0) is 19.4.